The lowest BCUT2D eigenvalue weighted by atomic mass is 10.1. The van der Waals surface area contributed by atoms with Crippen LogP contribution in [-0.2, 0) is 15.0 Å². The molecule has 7 heteroatoms. The van der Waals surface area contributed by atoms with Crippen LogP contribution < -0.4 is 0 Å². The van der Waals surface area contributed by atoms with Crippen molar-refractivity contribution in [2.24, 2.45) is 0 Å². The third-order valence-electron chi connectivity index (χ3n) is 2.79. The van der Waals surface area contributed by atoms with Gasteiger partial charge in [-0.1, -0.05) is 13.3 Å². The van der Waals surface area contributed by atoms with Gasteiger partial charge in [0.1, 0.15) is 5.25 Å². The minimum Gasteiger partial charge on any atom is -0.394 e. The van der Waals surface area contributed by atoms with Crippen molar-refractivity contribution in [3.8, 4) is 0 Å². The lowest BCUT2D eigenvalue weighted by Crippen LogP contribution is -2.39. The van der Waals surface area contributed by atoms with Gasteiger partial charge in [0.25, 0.3) is 0 Å². The summed E-state index contributed by atoms with van der Waals surface area (Å²) in [6, 6.07) is -0.399. The fourth-order valence-corrected chi connectivity index (χ4v) is 2.60. The average molecular weight is 253 g/mol. The number of amides is 1. The van der Waals surface area contributed by atoms with Crippen LogP contribution in [0, 0.1) is 0 Å². The lowest BCUT2D eigenvalue weighted by Gasteiger charge is -2.25. The van der Waals surface area contributed by atoms with Gasteiger partial charge in [0, 0.05) is 13.0 Å². The molecule has 0 aromatic heterocycles. The van der Waals surface area contributed by atoms with Crippen LogP contribution in [-0.4, -0.2) is 48.8 Å². The molecule has 1 fully saturated rings. The zero-order chi connectivity index (χ0) is 12.3. The molecule has 1 N–H and O–H groups in total. The van der Waals surface area contributed by atoms with Crippen LogP contribution in [0.15, 0.2) is 0 Å². The van der Waals surface area contributed by atoms with Crippen LogP contribution in [0.1, 0.15) is 26.2 Å². The molecular weight excluding hydrogens is 237 g/mol. The van der Waals surface area contributed by atoms with Crippen LogP contribution >= 0.6 is 0 Å². The Hall–Kier alpha value is -0.690. The Morgan fingerprint density at radius 3 is 2.62 bits per heavy atom. The Bertz CT molecular complexity index is 357. The molecule has 5 nitrogen and oxygen atoms in total. The second-order valence-electron chi connectivity index (χ2n) is 3.97. The van der Waals surface area contributed by atoms with Crippen molar-refractivity contribution >= 4 is 16.1 Å². The molecule has 0 aromatic carbocycles. The molecule has 0 spiro atoms. The van der Waals surface area contributed by atoms with Crippen molar-refractivity contribution < 1.29 is 22.2 Å². The second-order valence-corrected chi connectivity index (χ2v) is 5.59. The molecule has 2 atom stereocenters. The van der Waals surface area contributed by atoms with Crippen molar-refractivity contribution in [3.63, 3.8) is 0 Å². The minimum atomic E-state index is -4.67. The Morgan fingerprint density at radius 2 is 2.25 bits per heavy atom. The minimum absolute atomic E-state index is 0.150. The highest BCUT2D eigenvalue weighted by molar-refractivity contribution is 7.87. The number of carbonyl (C=O) groups excluding carboxylic acids is 1. The fraction of sp³-hybridized carbons (Fsp3) is 0.889. The van der Waals surface area contributed by atoms with Gasteiger partial charge in [0.2, 0.25) is 5.91 Å². The van der Waals surface area contributed by atoms with E-state index in [0.717, 1.165) is 6.42 Å². The zero-order valence-corrected chi connectivity index (χ0v) is 9.91. The van der Waals surface area contributed by atoms with Gasteiger partial charge in [-0.15, -0.1) is 3.89 Å². The van der Waals surface area contributed by atoms with Crippen LogP contribution in [0.2, 0.25) is 0 Å². The quantitative estimate of drug-likeness (QED) is 0.702. The van der Waals surface area contributed by atoms with E-state index >= 15 is 0 Å². The predicted octanol–water partition coefficient (Wildman–Crippen LogP) is 0.0476. The largest absolute Gasteiger partial charge is 0.394 e. The monoisotopic (exact) mass is 253 g/mol. The van der Waals surface area contributed by atoms with E-state index in [2.05, 4.69) is 0 Å². The maximum Gasteiger partial charge on any atom is 0.307 e. The molecule has 0 aliphatic carbocycles. The molecule has 1 heterocycles. The first-order chi connectivity index (χ1) is 7.40. The highest BCUT2D eigenvalue weighted by atomic mass is 32.3. The number of aliphatic hydroxyl groups is 1. The van der Waals surface area contributed by atoms with Crippen LogP contribution in [0.4, 0.5) is 3.89 Å². The number of likely N-dealkylation sites (tertiary alicyclic amines) is 1. The molecule has 0 radical (unpaired) electrons. The van der Waals surface area contributed by atoms with Crippen LogP contribution in [0.5, 0.6) is 0 Å². The smallest absolute Gasteiger partial charge is 0.307 e. The second kappa shape index (κ2) is 5.09. The van der Waals surface area contributed by atoms with E-state index in [1.807, 2.05) is 6.92 Å². The van der Waals surface area contributed by atoms with Crippen LogP contribution in [0.3, 0.4) is 0 Å². The molecule has 2 unspecified atom stereocenters. The molecule has 0 bridgehead atoms. The van der Waals surface area contributed by atoms with Crippen molar-refractivity contribution in [1.29, 1.82) is 0 Å². The van der Waals surface area contributed by atoms with Crippen molar-refractivity contribution in [1.82, 2.24) is 4.90 Å². The SMILES string of the molecule is CCCC(CO)N1CC(S(=O)(=O)F)CC1=O. The molecule has 1 saturated heterocycles. The Labute approximate surface area is 94.5 Å². The number of hydrogen-bond donors (Lipinski definition) is 1. The van der Waals surface area contributed by atoms with E-state index in [1.165, 1.54) is 4.90 Å². The summed E-state index contributed by atoms with van der Waals surface area (Å²) >= 11 is 0. The standard InChI is InChI=1S/C9H16FNO4S/c1-2-3-7(6-12)11-5-8(4-9(11)13)16(10,14)15/h7-8,12H,2-6H2,1H3. The van der Waals surface area contributed by atoms with Gasteiger partial charge in [-0.25, -0.2) is 0 Å². The molecule has 94 valence electrons. The van der Waals surface area contributed by atoms with E-state index in [-0.39, 0.29) is 19.6 Å². The van der Waals surface area contributed by atoms with Gasteiger partial charge in [0.05, 0.1) is 12.6 Å². The maximum absolute atomic E-state index is 12.7. The average Bonchev–Trinajstić information content (AvgIpc) is 2.56. The number of nitrogens with zero attached hydrogens (tertiary/aromatic N) is 1. The molecular formula is C9H16FNO4S. The van der Waals surface area contributed by atoms with Crippen molar-refractivity contribution in [2.45, 2.75) is 37.5 Å². The molecule has 0 aromatic rings. The van der Waals surface area contributed by atoms with E-state index < -0.39 is 27.4 Å². The summed E-state index contributed by atoms with van der Waals surface area (Å²) in [5.41, 5.74) is 0. The number of carbonyl (C=O) groups is 1. The van der Waals surface area contributed by atoms with Gasteiger partial charge in [0.15, 0.2) is 0 Å². The van der Waals surface area contributed by atoms with E-state index in [4.69, 9.17) is 5.11 Å². The summed E-state index contributed by atoms with van der Waals surface area (Å²) in [4.78, 5) is 12.8. The molecule has 16 heavy (non-hydrogen) atoms. The van der Waals surface area contributed by atoms with Crippen LogP contribution in [0.25, 0.3) is 0 Å². The normalized spacial score (nSPS) is 23.8. The maximum atomic E-state index is 12.7. The third kappa shape index (κ3) is 2.91. The summed E-state index contributed by atoms with van der Waals surface area (Å²) in [5.74, 6) is -0.404. The van der Waals surface area contributed by atoms with E-state index in [9.17, 15) is 17.1 Å². The highest BCUT2D eigenvalue weighted by Gasteiger charge is 2.40. The van der Waals surface area contributed by atoms with Gasteiger partial charge in [-0.2, -0.15) is 8.42 Å². The first-order valence-electron chi connectivity index (χ1n) is 5.24. The van der Waals surface area contributed by atoms with E-state index in [0.29, 0.717) is 6.42 Å². The van der Waals surface area contributed by atoms with Crippen molar-refractivity contribution in [3.05, 3.63) is 0 Å². The molecule has 0 saturated carbocycles. The summed E-state index contributed by atoms with van der Waals surface area (Å²) in [7, 11) is -4.67. The predicted molar refractivity (Wildman–Crippen MR) is 55.9 cm³/mol. The first kappa shape index (κ1) is 13.4. The first-order valence-corrected chi connectivity index (χ1v) is 6.68. The number of hydrogen-bond acceptors (Lipinski definition) is 4. The lowest BCUT2D eigenvalue weighted by molar-refractivity contribution is -0.130. The van der Waals surface area contributed by atoms with Gasteiger partial charge >= 0.3 is 10.2 Å². The Morgan fingerprint density at radius 1 is 1.62 bits per heavy atom. The number of aliphatic hydroxyl groups excluding tert-OH is 1. The number of halogens is 1. The summed E-state index contributed by atoms with van der Waals surface area (Å²) < 4.78 is 34.1. The molecule has 1 aliphatic rings. The number of rotatable bonds is 5. The Balaban J connectivity index is 2.74. The van der Waals surface area contributed by atoms with Gasteiger partial charge < -0.3 is 10.0 Å². The van der Waals surface area contributed by atoms with Crippen molar-refractivity contribution in [2.75, 3.05) is 13.2 Å². The summed E-state index contributed by atoms with van der Waals surface area (Å²) in [6.07, 6.45) is 1.03. The van der Waals surface area contributed by atoms with E-state index in [1.54, 1.807) is 0 Å². The fourth-order valence-electron chi connectivity index (χ4n) is 1.92. The summed E-state index contributed by atoms with van der Waals surface area (Å²) in [6.45, 7) is 1.52. The molecule has 1 rings (SSSR count). The van der Waals surface area contributed by atoms with Gasteiger partial charge in [-0.05, 0) is 6.42 Å². The summed E-state index contributed by atoms with van der Waals surface area (Å²) in [5, 5.41) is 7.81. The molecule has 1 amide bonds. The molecule has 1 aliphatic heterocycles. The third-order valence-corrected chi connectivity index (χ3v) is 3.91. The van der Waals surface area contributed by atoms with Gasteiger partial charge in [-0.3, -0.25) is 4.79 Å². The highest BCUT2D eigenvalue weighted by Crippen LogP contribution is 2.23. The zero-order valence-electron chi connectivity index (χ0n) is 9.10. The Kier molecular flexibility index (Phi) is 4.26. The topological polar surface area (TPSA) is 74.7 Å².